The lowest BCUT2D eigenvalue weighted by Gasteiger charge is -2.36. The first-order chi connectivity index (χ1) is 14.3. The summed E-state index contributed by atoms with van der Waals surface area (Å²) < 4.78 is 31.9. The van der Waals surface area contributed by atoms with E-state index >= 15 is 0 Å². The Morgan fingerprint density at radius 3 is 2.42 bits per heavy atom. The zero-order valence-corrected chi connectivity index (χ0v) is 21.9. The van der Waals surface area contributed by atoms with Crippen molar-refractivity contribution in [1.82, 2.24) is 14.5 Å². The Bertz CT molecular complexity index is 754. The molecule has 0 radical (unpaired) electrons. The second-order valence-electron chi connectivity index (χ2n) is 7.66. The van der Waals surface area contributed by atoms with Crippen molar-refractivity contribution in [3.05, 3.63) is 35.9 Å². The van der Waals surface area contributed by atoms with Crippen LogP contribution in [0.2, 0.25) is 0 Å². The van der Waals surface area contributed by atoms with E-state index < -0.39 is 16.1 Å². The Kier molecular flexibility index (Phi) is 12.9. The Hall–Kier alpha value is -0.950. The summed E-state index contributed by atoms with van der Waals surface area (Å²) in [5.74, 6) is 0.718. The molecule has 178 valence electrons. The smallest absolute Gasteiger partial charge is 0.216 e. The maximum absolute atomic E-state index is 12.5. The molecule has 8 nitrogen and oxygen atoms in total. The molecule has 0 aliphatic carbocycles. The van der Waals surface area contributed by atoms with Crippen LogP contribution in [-0.2, 0) is 21.2 Å². The topological polar surface area (TPSA) is 94.5 Å². The van der Waals surface area contributed by atoms with Gasteiger partial charge in [0, 0.05) is 39.1 Å². The maximum Gasteiger partial charge on any atom is 0.216 e. The summed E-state index contributed by atoms with van der Waals surface area (Å²) in [5, 5.41) is 13.6. The summed E-state index contributed by atoms with van der Waals surface area (Å²) in [7, 11) is -3.32. The number of rotatable bonds is 10. The molecule has 1 aliphatic heterocycles. The van der Waals surface area contributed by atoms with Crippen molar-refractivity contribution >= 4 is 40.0 Å². The van der Waals surface area contributed by atoms with E-state index in [4.69, 9.17) is 4.74 Å². The van der Waals surface area contributed by atoms with Gasteiger partial charge in [-0.15, -0.1) is 24.0 Å². The molecule has 2 N–H and O–H groups in total. The van der Waals surface area contributed by atoms with Gasteiger partial charge in [0.25, 0.3) is 0 Å². The van der Waals surface area contributed by atoms with Gasteiger partial charge < -0.3 is 20.1 Å². The number of hydrogen-bond acceptors (Lipinski definition) is 5. The third-order valence-electron chi connectivity index (χ3n) is 4.82. The van der Waals surface area contributed by atoms with Crippen LogP contribution in [0.5, 0.6) is 0 Å². The molecular weight excluding hydrogens is 531 g/mol. The van der Waals surface area contributed by atoms with Crippen LogP contribution in [0.4, 0.5) is 0 Å². The molecule has 1 saturated heterocycles. The van der Waals surface area contributed by atoms with E-state index in [0.29, 0.717) is 51.6 Å². The molecule has 1 atom stereocenters. The highest BCUT2D eigenvalue weighted by atomic mass is 127. The maximum atomic E-state index is 12.5. The fourth-order valence-corrected chi connectivity index (χ4v) is 4.55. The van der Waals surface area contributed by atoms with Crippen LogP contribution < -0.4 is 5.32 Å². The number of halogens is 1. The van der Waals surface area contributed by atoms with E-state index in [9.17, 15) is 13.5 Å². The van der Waals surface area contributed by atoms with Crippen molar-refractivity contribution in [2.45, 2.75) is 39.4 Å². The van der Waals surface area contributed by atoms with E-state index in [1.807, 2.05) is 51.1 Å². The van der Waals surface area contributed by atoms with Crippen LogP contribution in [0, 0.1) is 0 Å². The van der Waals surface area contributed by atoms with Crippen LogP contribution in [-0.4, -0.2) is 92.5 Å². The number of nitrogens with one attached hydrogen (secondary N) is 1. The standard InChI is InChI=1S/C21H36N4O4S.HI/c1-4-22-21(23-17-20(26)16-19-8-6-5-7-9-19)24-10-12-25(13-11-24)30(27,28)15-14-29-18(2)3;/h5-9,18,20,26H,4,10-17H2,1-3H3,(H,22,23);1H. The third kappa shape index (κ3) is 10.0. The number of benzene rings is 1. The third-order valence-corrected chi connectivity index (χ3v) is 6.66. The lowest BCUT2D eigenvalue weighted by Crippen LogP contribution is -2.54. The predicted octanol–water partition coefficient (Wildman–Crippen LogP) is 1.55. The van der Waals surface area contributed by atoms with E-state index in [2.05, 4.69) is 15.2 Å². The van der Waals surface area contributed by atoms with Crippen LogP contribution in [0.3, 0.4) is 0 Å². The average Bonchev–Trinajstić information content (AvgIpc) is 2.71. The van der Waals surface area contributed by atoms with Gasteiger partial charge in [-0.1, -0.05) is 30.3 Å². The number of guanidine groups is 1. The fraction of sp³-hybridized carbons (Fsp3) is 0.667. The highest BCUT2D eigenvalue weighted by molar-refractivity contribution is 14.0. The summed E-state index contributed by atoms with van der Waals surface area (Å²) in [6, 6.07) is 9.85. The van der Waals surface area contributed by atoms with Crippen LogP contribution >= 0.6 is 24.0 Å². The Morgan fingerprint density at radius 2 is 1.84 bits per heavy atom. The first-order valence-corrected chi connectivity index (χ1v) is 12.3. The Morgan fingerprint density at radius 1 is 1.19 bits per heavy atom. The number of piperazine rings is 1. The molecule has 0 spiro atoms. The summed E-state index contributed by atoms with van der Waals surface area (Å²) in [6.45, 7) is 8.95. The summed E-state index contributed by atoms with van der Waals surface area (Å²) in [4.78, 5) is 6.63. The quantitative estimate of drug-likeness (QED) is 0.253. The van der Waals surface area contributed by atoms with Crippen molar-refractivity contribution in [3.63, 3.8) is 0 Å². The molecule has 1 heterocycles. The lowest BCUT2D eigenvalue weighted by atomic mass is 10.1. The molecule has 1 aromatic rings. The van der Waals surface area contributed by atoms with Gasteiger partial charge in [-0.25, -0.2) is 8.42 Å². The van der Waals surface area contributed by atoms with Crippen molar-refractivity contribution in [2.24, 2.45) is 4.99 Å². The number of aliphatic hydroxyl groups is 1. The average molecular weight is 569 g/mol. The van der Waals surface area contributed by atoms with Gasteiger partial charge in [0.2, 0.25) is 10.0 Å². The van der Waals surface area contributed by atoms with Crippen LogP contribution in [0.15, 0.2) is 35.3 Å². The SMILES string of the molecule is CCNC(=NCC(O)Cc1ccccc1)N1CCN(S(=O)(=O)CCOC(C)C)CC1.I. The molecule has 2 rings (SSSR count). The van der Waals surface area contributed by atoms with Gasteiger partial charge >= 0.3 is 0 Å². The van der Waals surface area contributed by atoms with E-state index in [1.54, 1.807) is 0 Å². The van der Waals surface area contributed by atoms with Crippen LogP contribution in [0.25, 0.3) is 0 Å². The summed E-state index contributed by atoms with van der Waals surface area (Å²) >= 11 is 0. The number of ether oxygens (including phenoxy) is 1. The van der Waals surface area contributed by atoms with Gasteiger partial charge in [-0.3, -0.25) is 4.99 Å². The molecule has 1 unspecified atom stereocenters. The normalized spacial score (nSPS) is 16.8. The van der Waals surface area contributed by atoms with Crippen molar-refractivity contribution in [1.29, 1.82) is 0 Å². The molecule has 31 heavy (non-hydrogen) atoms. The van der Waals surface area contributed by atoms with Crippen molar-refractivity contribution in [3.8, 4) is 0 Å². The first kappa shape index (κ1) is 28.1. The van der Waals surface area contributed by atoms with Crippen molar-refractivity contribution < 1.29 is 18.3 Å². The second-order valence-corrected chi connectivity index (χ2v) is 9.75. The summed E-state index contributed by atoms with van der Waals surface area (Å²) in [5.41, 5.74) is 1.07. The molecule has 0 amide bonds. The van der Waals surface area contributed by atoms with Crippen LogP contribution in [0.1, 0.15) is 26.3 Å². The molecule has 0 aromatic heterocycles. The number of aliphatic hydroxyl groups excluding tert-OH is 1. The monoisotopic (exact) mass is 568 g/mol. The number of hydrogen-bond donors (Lipinski definition) is 2. The summed E-state index contributed by atoms with van der Waals surface area (Å²) in [6.07, 6.45) is 0.00524. The van der Waals surface area contributed by atoms with Gasteiger partial charge in [0.1, 0.15) is 0 Å². The molecule has 1 aliphatic rings. The lowest BCUT2D eigenvalue weighted by molar-refractivity contribution is 0.0904. The van der Waals surface area contributed by atoms with Gasteiger partial charge in [-0.2, -0.15) is 4.31 Å². The second kappa shape index (κ2) is 14.2. The van der Waals surface area contributed by atoms with E-state index in [0.717, 1.165) is 5.56 Å². The molecule has 0 saturated carbocycles. The highest BCUT2D eigenvalue weighted by Gasteiger charge is 2.28. The molecular formula is C21H37IN4O4S. The number of sulfonamides is 1. The molecule has 0 bridgehead atoms. The molecule has 1 fully saturated rings. The van der Waals surface area contributed by atoms with Crippen molar-refractivity contribution in [2.75, 3.05) is 51.6 Å². The van der Waals surface area contributed by atoms with Gasteiger partial charge in [0.15, 0.2) is 5.96 Å². The fourth-order valence-electron chi connectivity index (χ4n) is 3.26. The highest BCUT2D eigenvalue weighted by Crippen LogP contribution is 2.10. The first-order valence-electron chi connectivity index (χ1n) is 10.7. The predicted molar refractivity (Wildman–Crippen MR) is 136 cm³/mol. The molecule has 10 heteroatoms. The molecule has 1 aromatic carbocycles. The van der Waals surface area contributed by atoms with E-state index in [1.165, 1.54) is 4.31 Å². The largest absolute Gasteiger partial charge is 0.391 e. The Balaban J connectivity index is 0.00000480. The van der Waals surface area contributed by atoms with Gasteiger partial charge in [-0.05, 0) is 26.3 Å². The number of nitrogens with zero attached hydrogens (tertiary/aromatic N) is 3. The van der Waals surface area contributed by atoms with Gasteiger partial charge in [0.05, 0.1) is 31.1 Å². The minimum atomic E-state index is -3.32. The van der Waals surface area contributed by atoms with E-state index in [-0.39, 0.29) is 42.4 Å². The zero-order valence-electron chi connectivity index (χ0n) is 18.7. The zero-order chi connectivity index (χ0) is 22.0. The Labute approximate surface area is 204 Å². The minimum absolute atomic E-state index is 0. The minimum Gasteiger partial charge on any atom is -0.391 e. The number of aliphatic imine (C=N–C) groups is 1.